The van der Waals surface area contributed by atoms with E-state index in [2.05, 4.69) is 10.3 Å². The second-order valence-corrected chi connectivity index (χ2v) is 5.57. The molecule has 0 aliphatic rings. The van der Waals surface area contributed by atoms with E-state index in [1.807, 2.05) is 20.8 Å². The maximum Gasteiger partial charge on any atom is 0.248 e. The van der Waals surface area contributed by atoms with Gasteiger partial charge in [-0.25, -0.2) is 0 Å². The normalized spacial score (nSPS) is 13.9. The average molecular weight is 327 g/mol. The molecule has 2 atom stereocenters. The van der Waals surface area contributed by atoms with E-state index in [1.54, 1.807) is 12.1 Å². The van der Waals surface area contributed by atoms with Crippen LogP contribution in [0.2, 0.25) is 0 Å². The second-order valence-electron chi connectivity index (χ2n) is 5.57. The van der Waals surface area contributed by atoms with Gasteiger partial charge in [0.15, 0.2) is 0 Å². The summed E-state index contributed by atoms with van der Waals surface area (Å²) in [6.45, 7) is 6.07. The molecule has 0 fully saturated rings. The van der Waals surface area contributed by atoms with Gasteiger partial charge in [0.1, 0.15) is 5.75 Å². The molecule has 4 N–H and O–H groups in total. The van der Waals surface area contributed by atoms with Crippen LogP contribution in [-0.2, 0) is 0 Å². The fourth-order valence-electron chi connectivity index (χ4n) is 2.59. The molecule has 1 aromatic carbocycles. The topological polar surface area (TPSA) is 85.3 Å². The number of phenolic OH excluding ortho intramolecular Hbond substituents is 1. The molecular formula is C16H23ClN2O3. The van der Waals surface area contributed by atoms with Gasteiger partial charge in [-0.2, -0.15) is 0 Å². The molecule has 22 heavy (non-hydrogen) atoms. The zero-order valence-electron chi connectivity index (χ0n) is 13.0. The maximum absolute atomic E-state index is 11.4. The Morgan fingerprint density at radius 1 is 1.23 bits per heavy atom. The Morgan fingerprint density at radius 3 is 2.50 bits per heavy atom. The molecule has 0 radical (unpaired) electrons. The van der Waals surface area contributed by atoms with Crippen LogP contribution in [-0.4, -0.2) is 27.3 Å². The Hall–Kier alpha value is -1.56. The lowest BCUT2D eigenvalue weighted by molar-refractivity contribution is 0.123. The number of hydrogen-bond donors (Lipinski definition) is 4. The maximum atomic E-state index is 11.4. The van der Waals surface area contributed by atoms with Crippen LogP contribution in [0.3, 0.4) is 0 Å². The van der Waals surface area contributed by atoms with E-state index in [4.69, 9.17) is 0 Å². The van der Waals surface area contributed by atoms with Crippen LogP contribution < -0.4 is 10.9 Å². The Balaban J connectivity index is 0.00000242. The lowest BCUT2D eigenvalue weighted by atomic mass is 9.95. The first-order chi connectivity index (χ1) is 9.93. The van der Waals surface area contributed by atoms with Crippen molar-refractivity contribution in [1.82, 2.24) is 10.3 Å². The van der Waals surface area contributed by atoms with E-state index in [9.17, 15) is 15.0 Å². The van der Waals surface area contributed by atoms with Crippen LogP contribution in [0, 0.1) is 0 Å². The minimum atomic E-state index is -0.716. The van der Waals surface area contributed by atoms with Crippen molar-refractivity contribution in [2.45, 2.75) is 45.4 Å². The van der Waals surface area contributed by atoms with Gasteiger partial charge in [0.2, 0.25) is 5.56 Å². The summed E-state index contributed by atoms with van der Waals surface area (Å²) in [6, 6.07) is 6.39. The average Bonchev–Trinajstić information content (AvgIpc) is 2.45. The molecule has 0 aliphatic carbocycles. The monoisotopic (exact) mass is 326 g/mol. The Labute approximate surface area is 135 Å². The van der Waals surface area contributed by atoms with E-state index in [0.717, 1.165) is 6.42 Å². The zero-order chi connectivity index (χ0) is 15.6. The standard InChI is InChI=1S/C16H22N2O3.ClH/c1-4-12(17-9(2)3)16(21)11-5-7-13(19)15-10(11)6-8-14(20)18-15;/h5-9,12,16-17,19,21H,4H2,1-3H3,(H,18,20);1H/t12-,16+;/m1./s1. The molecule has 1 heterocycles. The van der Waals surface area contributed by atoms with Crippen molar-refractivity contribution >= 4 is 23.3 Å². The van der Waals surface area contributed by atoms with E-state index < -0.39 is 6.10 Å². The van der Waals surface area contributed by atoms with E-state index in [0.29, 0.717) is 16.5 Å². The van der Waals surface area contributed by atoms with Crippen molar-refractivity contribution in [2.75, 3.05) is 0 Å². The van der Waals surface area contributed by atoms with Crippen molar-refractivity contribution in [1.29, 1.82) is 0 Å². The second kappa shape index (κ2) is 7.63. The molecule has 2 aromatic rings. The Kier molecular flexibility index (Phi) is 6.41. The number of H-pyrrole nitrogens is 1. The fraction of sp³-hybridized carbons (Fsp3) is 0.438. The fourth-order valence-corrected chi connectivity index (χ4v) is 2.59. The third-order valence-electron chi connectivity index (χ3n) is 3.59. The zero-order valence-corrected chi connectivity index (χ0v) is 13.8. The summed E-state index contributed by atoms with van der Waals surface area (Å²) in [4.78, 5) is 14.0. The summed E-state index contributed by atoms with van der Waals surface area (Å²) in [5, 5.41) is 24.5. The summed E-state index contributed by atoms with van der Waals surface area (Å²) in [6.07, 6.45) is 0.0526. The van der Waals surface area contributed by atoms with E-state index in [-0.39, 0.29) is 35.8 Å². The molecule has 0 bridgehead atoms. The smallest absolute Gasteiger partial charge is 0.248 e. The van der Waals surface area contributed by atoms with E-state index in [1.165, 1.54) is 12.1 Å². The number of hydrogen-bond acceptors (Lipinski definition) is 4. The van der Waals surface area contributed by atoms with Gasteiger partial charge >= 0.3 is 0 Å². The first kappa shape index (κ1) is 18.5. The van der Waals surface area contributed by atoms with Crippen LogP contribution in [0.5, 0.6) is 5.75 Å². The van der Waals surface area contributed by atoms with Gasteiger partial charge < -0.3 is 20.5 Å². The number of aliphatic hydroxyl groups is 1. The number of halogens is 1. The highest BCUT2D eigenvalue weighted by Gasteiger charge is 2.22. The highest BCUT2D eigenvalue weighted by atomic mass is 35.5. The first-order valence-electron chi connectivity index (χ1n) is 7.23. The Morgan fingerprint density at radius 2 is 1.91 bits per heavy atom. The molecule has 0 aliphatic heterocycles. The lowest BCUT2D eigenvalue weighted by Crippen LogP contribution is -2.39. The molecule has 5 nitrogen and oxygen atoms in total. The van der Waals surface area contributed by atoms with Gasteiger partial charge in [0.05, 0.1) is 11.6 Å². The number of aromatic amines is 1. The Bertz CT molecular complexity index is 685. The van der Waals surface area contributed by atoms with Gasteiger partial charge in [-0.1, -0.05) is 26.8 Å². The molecule has 6 heteroatoms. The van der Waals surface area contributed by atoms with Gasteiger partial charge in [0, 0.05) is 23.5 Å². The molecule has 122 valence electrons. The predicted octanol–water partition coefficient (Wildman–Crippen LogP) is 2.47. The van der Waals surface area contributed by atoms with Gasteiger partial charge in [0.25, 0.3) is 0 Å². The van der Waals surface area contributed by atoms with E-state index >= 15 is 0 Å². The highest BCUT2D eigenvalue weighted by Crippen LogP contribution is 2.30. The predicted molar refractivity (Wildman–Crippen MR) is 90.8 cm³/mol. The van der Waals surface area contributed by atoms with Crippen molar-refractivity contribution in [3.8, 4) is 5.75 Å². The number of aromatic nitrogens is 1. The number of nitrogens with one attached hydrogen (secondary N) is 2. The minimum Gasteiger partial charge on any atom is -0.506 e. The number of rotatable bonds is 5. The van der Waals surface area contributed by atoms with Crippen LogP contribution >= 0.6 is 12.4 Å². The largest absolute Gasteiger partial charge is 0.506 e. The SMILES string of the molecule is CC[C@@H](NC(C)C)[C@@H](O)c1ccc(O)c2[nH]c(=O)ccc12.Cl. The molecule has 1 aromatic heterocycles. The molecule has 0 saturated heterocycles. The molecular weight excluding hydrogens is 304 g/mol. The number of phenols is 1. The summed E-state index contributed by atoms with van der Waals surface area (Å²) < 4.78 is 0. The van der Waals surface area contributed by atoms with Crippen LogP contribution in [0.4, 0.5) is 0 Å². The van der Waals surface area contributed by atoms with Crippen molar-refractivity contribution < 1.29 is 10.2 Å². The van der Waals surface area contributed by atoms with Gasteiger partial charge in [-0.3, -0.25) is 4.79 Å². The lowest BCUT2D eigenvalue weighted by Gasteiger charge is -2.26. The van der Waals surface area contributed by atoms with Gasteiger partial charge in [-0.15, -0.1) is 12.4 Å². The number of pyridine rings is 1. The summed E-state index contributed by atoms with van der Waals surface area (Å²) in [5.41, 5.74) is 0.772. The molecule has 0 saturated carbocycles. The molecule has 2 rings (SSSR count). The minimum absolute atomic E-state index is 0. The molecule has 0 amide bonds. The number of benzene rings is 1. The number of aromatic hydroxyl groups is 1. The van der Waals surface area contributed by atoms with Crippen LogP contribution in [0.15, 0.2) is 29.1 Å². The molecule has 0 spiro atoms. The third-order valence-corrected chi connectivity index (χ3v) is 3.59. The van der Waals surface area contributed by atoms with Crippen molar-refractivity contribution in [3.63, 3.8) is 0 Å². The third kappa shape index (κ3) is 3.80. The highest BCUT2D eigenvalue weighted by molar-refractivity contribution is 5.87. The van der Waals surface area contributed by atoms with Crippen LogP contribution in [0.1, 0.15) is 38.9 Å². The quantitative estimate of drug-likeness (QED) is 0.680. The summed E-state index contributed by atoms with van der Waals surface area (Å²) in [7, 11) is 0. The number of aliphatic hydroxyl groups excluding tert-OH is 1. The first-order valence-corrected chi connectivity index (χ1v) is 7.23. The van der Waals surface area contributed by atoms with Crippen molar-refractivity contribution in [3.05, 3.63) is 40.2 Å². The van der Waals surface area contributed by atoms with Crippen molar-refractivity contribution in [2.24, 2.45) is 0 Å². The number of fused-ring (bicyclic) bond motifs is 1. The van der Waals surface area contributed by atoms with Gasteiger partial charge in [-0.05, 0) is 24.1 Å². The summed E-state index contributed by atoms with van der Waals surface area (Å²) >= 11 is 0. The van der Waals surface area contributed by atoms with Crippen LogP contribution in [0.25, 0.3) is 10.9 Å². The summed E-state index contributed by atoms with van der Waals surface area (Å²) in [5.74, 6) is 0.00326. The molecule has 0 unspecified atom stereocenters.